The molecule has 2 aliphatic heterocycles. The Morgan fingerprint density at radius 1 is 1.10 bits per heavy atom. The third-order valence-corrected chi connectivity index (χ3v) is 8.70. The topological polar surface area (TPSA) is 185 Å². The number of primary amides is 1. The zero-order valence-electron chi connectivity index (χ0n) is 28.6. The van der Waals surface area contributed by atoms with Gasteiger partial charge in [-0.1, -0.05) is 44.2 Å². The maximum Gasteiger partial charge on any atom is 0.405 e. The third-order valence-electron chi connectivity index (χ3n) is 8.70. The smallest absolute Gasteiger partial charge is 0.405 e. The van der Waals surface area contributed by atoms with Gasteiger partial charge in [-0.3, -0.25) is 14.4 Å². The van der Waals surface area contributed by atoms with E-state index in [2.05, 4.69) is 10.6 Å². The Labute approximate surface area is 285 Å². The first-order valence-corrected chi connectivity index (χ1v) is 16.0. The van der Waals surface area contributed by atoms with E-state index in [1.807, 2.05) is 13.0 Å². The summed E-state index contributed by atoms with van der Waals surface area (Å²) in [6.45, 7) is 7.32. The molecule has 0 fully saturated rings. The van der Waals surface area contributed by atoms with Crippen LogP contribution in [0.4, 0.5) is 4.79 Å². The highest BCUT2D eigenvalue weighted by atomic mass is 16.7. The predicted molar refractivity (Wildman–Crippen MR) is 179 cm³/mol. The van der Waals surface area contributed by atoms with Crippen molar-refractivity contribution in [3.8, 4) is 11.5 Å². The summed E-state index contributed by atoms with van der Waals surface area (Å²) in [6.07, 6.45) is 3.61. The van der Waals surface area contributed by atoms with Gasteiger partial charge in [-0.05, 0) is 55.9 Å². The van der Waals surface area contributed by atoms with Gasteiger partial charge < -0.3 is 45.2 Å². The largest absolute Gasteiger partial charge is 0.454 e. The lowest BCUT2D eigenvalue weighted by atomic mass is 9.85. The van der Waals surface area contributed by atoms with E-state index in [9.17, 15) is 24.3 Å². The Morgan fingerprint density at radius 3 is 2.53 bits per heavy atom. The molecule has 13 nitrogen and oxygen atoms in total. The van der Waals surface area contributed by atoms with Crippen LogP contribution in [-0.4, -0.2) is 74.1 Å². The monoisotopic (exact) mass is 679 g/mol. The molecule has 49 heavy (non-hydrogen) atoms. The van der Waals surface area contributed by atoms with E-state index in [0.29, 0.717) is 23.5 Å². The second-order valence-corrected chi connectivity index (χ2v) is 12.5. The highest BCUT2D eigenvalue weighted by Gasteiger charge is 2.33. The number of methoxy groups -OCH3 is 2. The number of ketones is 2. The van der Waals surface area contributed by atoms with Crippen LogP contribution in [0.3, 0.4) is 0 Å². The van der Waals surface area contributed by atoms with Crippen LogP contribution in [0.25, 0.3) is 0 Å². The molecule has 2 bridgehead atoms. The number of aliphatic hydroxyl groups excluding tert-OH is 1. The lowest BCUT2D eigenvalue weighted by Gasteiger charge is -2.30. The van der Waals surface area contributed by atoms with Crippen LogP contribution in [0.2, 0.25) is 0 Å². The average Bonchev–Trinajstić information content (AvgIpc) is 3.53. The molecule has 6 atom stereocenters. The molecule has 1 aromatic rings. The van der Waals surface area contributed by atoms with Crippen LogP contribution in [0, 0.1) is 11.8 Å². The summed E-state index contributed by atoms with van der Waals surface area (Å²) in [5.41, 5.74) is 7.17. The second-order valence-electron chi connectivity index (χ2n) is 12.5. The van der Waals surface area contributed by atoms with Crippen molar-refractivity contribution in [3.05, 3.63) is 82.3 Å². The molecule has 13 heteroatoms. The number of carbonyl (C=O) groups is 4. The molecule has 0 radical (unpaired) electrons. The number of nitrogens with two attached hydrogens (primary N) is 1. The van der Waals surface area contributed by atoms with Crippen LogP contribution < -0.4 is 25.8 Å². The number of fused-ring (bicyclic) bond motifs is 3. The summed E-state index contributed by atoms with van der Waals surface area (Å²) < 4.78 is 27.5. The van der Waals surface area contributed by atoms with Gasteiger partial charge in [0.25, 0.3) is 5.91 Å². The Hall–Kier alpha value is -4.72. The summed E-state index contributed by atoms with van der Waals surface area (Å²) in [4.78, 5) is 52.5. The quantitative estimate of drug-likeness (QED) is 0.256. The molecule has 1 aromatic carbocycles. The van der Waals surface area contributed by atoms with Gasteiger partial charge in [-0.25, -0.2) is 4.79 Å². The van der Waals surface area contributed by atoms with Gasteiger partial charge in [0.1, 0.15) is 6.10 Å². The number of hydrogen-bond acceptors (Lipinski definition) is 11. The van der Waals surface area contributed by atoms with E-state index in [0.717, 1.165) is 11.6 Å². The molecule has 0 saturated carbocycles. The Bertz CT molecular complexity index is 1610. The lowest BCUT2D eigenvalue weighted by Crippen LogP contribution is -2.37. The maximum atomic E-state index is 13.9. The molecule has 0 aromatic heterocycles. The van der Waals surface area contributed by atoms with Crippen molar-refractivity contribution < 1.29 is 48.0 Å². The van der Waals surface area contributed by atoms with E-state index < -0.39 is 53.9 Å². The SMILES string of the molecule is CO[C@H]1/C=C\C=C(/C)C(=O)NC2=CC(=O)C(NCc3ccc4c(c3)OCO4)=C(C[C@@H](C)C[C@H](OC)[C@H](O)[C@@H](C)/C=C(\C)[C@@H]1OC(N)=O)C2=O. The van der Waals surface area contributed by atoms with Gasteiger partial charge >= 0.3 is 6.09 Å². The first-order chi connectivity index (χ1) is 23.3. The molecule has 1 aliphatic carbocycles. The zero-order valence-corrected chi connectivity index (χ0v) is 28.6. The minimum Gasteiger partial charge on any atom is -0.454 e. The molecule has 2 heterocycles. The van der Waals surface area contributed by atoms with Gasteiger partial charge in [0.15, 0.2) is 17.6 Å². The molecule has 2 amide bonds. The van der Waals surface area contributed by atoms with Crippen LogP contribution >= 0.6 is 0 Å². The van der Waals surface area contributed by atoms with Crippen molar-refractivity contribution in [3.63, 3.8) is 0 Å². The maximum absolute atomic E-state index is 13.9. The van der Waals surface area contributed by atoms with Gasteiger partial charge in [-0.15, -0.1) is 0 Å². The summed E-state index contributed by atoms with van der Waals surface area (Å²) in [5.74, 6) is -1.06. The van der Waals surface area contributed by atoms with Crippen molar-refractivity contribution in [2.45, 2.75) is 71.5 Å². The number of Topliss-reactive ketones (excluding diaryl/α,β-unsaturated/α-hetero) is 1. The number of amides is 2. The molecule has 0 spiro atoms. The van der Waals surface area contributed by atoms with Crippen molar-refractivity contribution >= 4 is 23.6 Å². The fourth-order valence-corrected chi connectivity index (χ4v) is 6.02. The number of ether oxygens (including phenoxy) is 5. The molecule has 0 unspecified atom stereocenters. The zero-order chi connectivity index (χ0) is 35.8. The molecular formula is C36H45N3O10. The molecular weight excluding hydrogens is 634 g/mol. The van der Waals surface area contributed by atoms with Gasteiger partial charge in [0, 0.05) is 43.9 Å². The number of carbonyl (C=O) groups excluding carboxylic acids is 4. The number of hydrogen-bond donors (Lipinski definition) is 4. The van der Waals surface area contributed by atoms with Crippen molar-refractivity contribution in [1.82, 2.24) is 10.6 Å². The number of aliphatic hydroxyl groups is 1. The van der Waals surface area contributed by atoms with Gasteiger partial charge in [0.05, 0.1) is 23.6 Å². The van der Waals surface area contributed by atoms with Crippen molar-refractivity contribution in [2.24, 2.45) is 17.6 Å². The van der Waals surface area contributed by atoms with E-state index >= 15 is 0 Å². The van der Waals surface area contributed by atoms with E-state index in [1.54, 1.807) is 51.1 Å². The fourth-order valence-electron chi connectivity index (χ4n) is 6.02. The lowest BCUT2D eigenvalue weighted by molar-refractivity contribution is -0.120. The Kier molecular flexibility index (Phi) is 12.6. The second kappa shape index (κ2) is 16.6. The first-order valence-electron chi connectivity index (χ1n) is 16.0. The summed E-state index contributed by atoms with van der Waals surface area (Å²) >= 11 is 0. The molecule has 4 rings (SSSR count). The number of rotatable bonds is 6. The summed E-state index contributed by atoms with van der Waals surface area (Å²) in [5, 5.41) is 17.1. The standard InChI is InChI=1S/C36H45N3O10/c1-19-12-24-31(38-17-23-10-11-27-29(15-23)48-18-47-27)26(40)16-25(33(24)42)39-35(43)20(2)8-7-9-28(45-5)34(49-36(37)44)22(4)14-21(3)32(41)30(13-19)46-6/h7-11,14-16,19,21,28,30,32,34,38,41H,12-13,17-18H2,1-6H3,(H2,37,44)(H,39,43)/b9-7-,20-8+,22-14+/t19-,21+,28+,30+,32-,34+/m1/s1. The molecule has 0 saturated heterocycles. The van der Waals surface area contributed by atoms with Crippen LogP contribution in [0.15, 0.2) is 76.7 Å². The Morgan fingerprint density at radius 2 is 1.84 bits per heavy atom. The minimum atomic E-state index is -1.01. The highest BCUT2D eigenvalue weighted by molar-refractivity contribution is 6.23. The van der Waals surface area contributed by atoms with E-state index in [1.165, 1.54) is 20.3 Å². The third kappa shape index (κ3) is 9.25. The predicted octanol–water partition coefficient (Wildman–Crippen LogP) is 3.28. The number of allylic oxidation sites excluding steroid dienone is 4. The fraction of sp³-hybridized carbons (Fsp3) is 0.444. The minimum absolute atomic E-state index is 0.125. The first kappa shape index (κ1) is 37.1. The Balaban J connectivity index is 1.71. The average molecular weight is 680 g/mol. The van der Waals surface area contributed by atoms with Crippen molar-refractivity contribution in [2.75, 3.05) is 21.0 Å². The summed E-state index contributed by atoms with van der Waals surface area (Å²) in [7, 11) is 2.92. The normalized spacial score (nSPS) is 29.6. The summed E-state index contributed by atoms with van der Waals surface area (Å²) in [6, 6.07) is 5.41. The van der Waals surface area contributed by atoms with Crippen LogP contribution in [0.5, 0.6) is 11.5 Å². The van der Waals surface area contributed by atoms with E-state index in [-0.39, 0.29) is 48.2 Å². The van der Waals surface area contributed by atoms with Gasteiger partial charge in [0.2, 0.25) is 18.4 Å². The van der Waals surface area contributed by atoms with Crippen LogP contribution in [-0.2, 0) is 35.1 Å². The molecule has 3 aliphatic rings. The van der Waals surface area contributed by atoms with Crippen molar-refractivity contribution in [1.29, 1.82) is 0 Å². The number of benzene rings is 1. The van der Waals surface area contributed by atoms with Crippen LogP contribution in [0.1, 0.15) is 46.1 Å². The molecule has 264 valence electrons. The highest BCUT2D eigenvalue weighted by Crippen LogP contribution is 2.33. The van der Waals surface area contributed by atoms with Gasteiger partial charge in [-0.2, -0.15) is 0 Å². The molecule has 5 N–H and O–H groups in total. The number of nitrogens with one attached hydrogen (secondary N) is 2. The van der Waals surface area contributed by atoms with E-state index in [4.69, 9.17) is 29.4 Å².